The number of carbonyl (C=O) groups excluding carboxylic acids is 1. The van der Waals surface area contributed by atoms with Gasteiger partial charge >= 0.3 is 0 Å². The first-order valence-corrected chi connectivity index (χ1v) is 8.08. The average molecular weight is 312 g/mol. The number of rotatable bonds is 7. The fourth-order valence-corrected chi connectivity index (χ4v) is 2.70. The maximum Gasteiger partial charge on any atom is 0.236 e. The van der Waals surface area contributed by atoms with E-state index in [4.69, 9.17) is 5.84 Å². The minimum absolute atomic E-state index is 0.136. The lowest BCUT2D eigenvalue weighted by Crippen LogP contribution is -2.17. The van der Waals surface area contributed by atoms with Crippen molar-refractivity contribution in [2.45, 2.75) is 31.3 Å². The van der Waals surface area contributed by atoms with Crippen LogP contribution in [0, 0.1) is 0 Å². The molecule has 0 fully saturated rings. The molecule has 20 heavy (non-hydrogen) atoms. The van der Waals surface area contributed by atoms with Crippen molar-refractivity contribution in [1.82, 2.24) is 19.9 Å². The van der Waals surface area contributed by atoms with Gasteiger partial charge in [0.25, 0.3) is 0 Å². The van der Waals surface area contributed by atoms with E-state index in [0.717, 1.165) is 25.1 Å². The van der Waals surface area contributed by atoms with Gasteiger partial charge in [0.15, 0.2) is 11.0 Å². The number of nitrogens with one attached hydrogen (secondary N) is 1. The lowest BCUT2D eigenvalue weighted by atomic mass is 10.2. The van der Waals surface area contributed by atoms with Crippen LogP contribution in [0.1, 0.15) is 25.6 Å². The van der Waals surface area contributed by atoms with E-state index >= 15 is 0 Å². The molecule has 0 bridgehead atoms. The number of unbranched alkanes of at least 4 members (excludes halogenated alkanes) is 1. The zero-order valence-electron chi connectivity index (χ0n) is 11.1. The van der Waals surface area contributed by atoms with Crippen LogP contribution >= 0.6 is 23.1 Å². The predicted molar refractivity (Wildman–Crippen MR) is 80.3 cm³/mol. The summed E-state index contributed by atoms with van der Waals surface area (Å²) in [5, 5.41) is 13.7. The fraction of sp³-hybridized carbons (Fsp3) is 0.455. The average Bonchev–Trinajstić information content (AvgIpc) is 3.05. The number of hydrogen-bond acceptors (Lipinski definition) is 7. The van der Waals surface area contributed by atoms with Crippen molar-refractivity contribution < 1.29 is 4.79 Å². The molecule has 108 valence electrons. The molecule has 9 heteroatoms. The summed E-state index contributed by atoms with van der Waals surface area (Å²) in [6.07, 6.45) is 4.53. The molecule has 2 heterocycles. The molecule has 0 aromatic carbocycles. The molecule has 0 saturated carbocycles. The molecule has 7 nitrogen and oxygen atoms in total. The standard InChI is InChI=1S/C11H16N6OS2/c1-2-3-4-8-15-16-11(17(8)12)20-7-9(18)14-10-13-5-6-19-10/h5-6H,2-4,7,12H2,1H3,(H,13,14,18). The lowest BCUT2D eigenvalue weighted by Gasteiger charge is -2.03. The molecule has 0 aliphatic carbocycles. The maximum atomic E-state index is 11.7. The van der Waals surface area contributed by atoms with Crippen LogP contribution < -0.4 is 11.2 Å². The Bertz CT molecular complexity index is 553. The van der Waals surface area contributed by atoms with E-state index in [1.807, 2.05) is 0 Å². The topological polar surface area (TPSA) is 98.7 Å². The molecule has 3 N–H and O–H groups in total. The van der Waals surface area contributed by atoms with E-state index in [1.54, 1.807) is 11.6 Å². The maximum absolute atomic E-state index is 11.7. The highest BCUT2D eigenvalue weighted by atomic mass is 32.2. The number of aromatic nitrogens is 4. The Labute approximate surface area is 125 Å². The summed E-state index contributed by atoms with van der Waals surface area (Å²) in [6, 6.07) is 0. The molecule has 0 aliphatic heterocycles. The first kappa shape index (κ1) is 14.8. The number of nitrogens with zero attached hydrogens (tertiary/aromatic N) is 4. The Morgan fingerprint density at radius 2 is 2.40 bits per heavy atom. The number of anilines is 1. The van der Waals surface area contributed by atoms with Gasteiger partial charge in [-0.25, -0.2) is 9.66 Å². The smallest absolute Gasteiger partial charge is 0.236 e. The molecule has 2 aromatic heterocycles. The summed E-state index contributed by atoms with van der Waals surface area (Å²) < 4.78 is 1.46. The number of nitrogens with two attached hydrogens (primary N) is 1. The SMILES string of the molecule is CCCCc1nnc(SCC(=O)Nc2nccs2)n1N. The summed E-state index contributed by atoms with van der Waals surface area (Å²) in [6.45, 7) is 2.11. The van der Waals surface area contributed by atoms with Gasteiger partial charge in [0.1, 0.15) is 0 Å². The predicted octanol–water partition coefficient (Wildman–Crippen LogP) is 1.52. The molecule has 1 amide bonds. The van der Waals surface area contributed by atoms with Crippen LogP contribution in [0.4, 0.5) is 5.13 Å². The van der Waals surface area contributed by atoms with Crippen molar-refractivity contribution in [2.75, 3.05) is 16.9 Å². The number of thiazole rings is 1. The minimum Gasteiger partial charge on any atom is -0.336 e. The molecule has 0 spiro atoms. The molecule has 0 radical (unpaired) electrons. The van der Waals surface area contributed by atoms with E-state index in [9.17, 15) is 4.79 Å². The number of carbonyl (C=O) groups is 1. The molecular weight excluding hydrogens is 296 g/mol. The number of aryl methyl sites for hydroxylation is 1. The summed E-state index contributed by atoms with van der Waals surface area (Å²) in [5.74, 6) is 6.73. The molecule has 2 rings (SSSR count). The summed E-state index contributed by atoms with van der Waals surface area (Å²) in [5.41, 5.74) is 0. The van der Waals surface area contributed by atoms with E-state index < -0.39 is 0 Å². The van der Waals surface area contributed by atoms with Gasteiger partial charge in [0.2, 0.25) is 11.1 Å². The second-order valence-corrected chi connectivity index (χ2v) is 5.88. The number of hydrogen-bond donors (Lipinski definition) is 2. The quantitative estimate of drug-likeness (QED) is 0.594. The summed E-state index contributed by atoms with van der Waals surface area (Å²) in [7, 11) is 0. The molecule has 0 saturated heterocycles. The van der Waals surface area contributed by atoms with Gasteiger partial charge in [0, 0.05) is 18.0 Å². The Kier molecular flexibility index (Phi) is 5.36. The molecule has 0 aliphatic rings. The van der Waals surface area contributed by atoms with Gasteiger partial charge < -0.3 is 11.2 Å². The van der Waals surface area contributed by atoms with Crippen LogP contribution in [0.2, 0.25) is 0 Å². The van der Waals surface area contributed by atoms with E-state index in [2.05, 4.69) is 27.4 Å². The van der Waals surface area contributed by atoms with Crippen molar-refractivity contribution in [3.8, 4) is 0 Å². The Morgan fingerprint density at radius 3 is 3.10 bits per heavy atom. The zero-order chi connectivity index (χ0) is 14.4. The first-order chi connectivity index (χ1) is 9.70. The summed E-state index contributed by atoms with van der Waals surface area (Å²) in [4.78, 5) is 15.7. The highest BCUT2D eigenvalue weighted by Gasteiger charge is 2.12. The van der Waals surface area contributed by atoms with Gasteiger partial charge in [0.05, 0.1) is 5.75 Å². The Hall–Kier alpha value is -1.61. The molecule has 2 aromatic rings. The number of thioether (sulfide) groups is 1. The first-order valence-electron chi connectivity index (χ1n) is 6.22. The van der Waals surface area contributed by atoms with Crippen molar-refractivity contribution in [1.29, 1.82) is 0 Å². The largest absolute Gasteiger partial charge is 0.336 e. The Balaban J connectivity index is 1.84. The molecule has 0 unspecified atom stereocenters. The highest BCUT2D eigenvalue weighted by Crippen LogP contribution is 2.16. The third-order valence-corrected chi connectivity index (χ3v) is 4.13. The second kappa shape index (κ2) is 7.25. The second-order valence-electron chi connectivity index (χ2n) is 4.05. The van der Waals surface area contributed by atoms with Gasteiger partial charge in [-0.2, -0.15) is 0 Å². The van der Waals surface area contributed by atoms with Gasteiger partial charge in [-0.15, -0.1) is 21.5 Å². The van der Waals surface area contributed by atoms with Crippen LogP contribution in [-0.4, -0.2) is 31.5 Å². The number of nitrogen functional groups attached to an aromatic ring is 1. The fourth-order valence-electron chi connectivity index (χ4n) is 1.48. The van der Waals surface area contributed by atoms with Crippen LogP contribution in [0.5, 0.6) is 0 Å². The molecule has 0 atom stereocenters. The van der Waals surface area contributed by atoms with Crippen molar-refractivity contribution in [3.05, 3.63) is 17.4 Å². The lowest BCUT2D eigenvalue weighted by molar-refractivity contribution is -0.113. The highest BCUT2D eigenvalue weighted by molar-refractivity contribution is 7.99. The van der Waals surface area contributed by atoms with Crippen molar-refractivity contribution >= 4 is 34.1 Å². The van der Waals surface area contributed by atoms with Gasteiger partial charge in [-0.3, -0.25) is 4.79 Å². The van der Waals surface area contributed by atoms with Crippen LogP contribution in [0.3, 0.4) is 0 Å². The third-order valence-electron chi connectivity index (χ3n) is 2.50. The Morgan fingerprint density at radius 1 is 1.55 bits per heavy atom. The van der Waals surface area contributed by atoms with E-state index in [1.165, 1.54) is 27.8 Å². The normalized spacial score (nSPS) is 10.7. The van der Waals surface area contributed by atoms with E-state index in [-0.39, 0.29) is 11.7 Å². The number of amides is 1. The van der Waals surface area contributed by atoms with E-state index in [0.29, 0.717) is 10.3 Å². The monoisotopic (exact) mass is 312 g/mol. The van der Waals surface area contributed by atoms with Gasteiger partial charge in [-0.1, -0.05) is 25.1 Å². The van der Waals surface area contributed by atoms with Crippen LogP contribution in [0.25, 0.3) is 0 Å². The van der Waals surface area contributed by atoms with Crippen LogP contribution in [0.15, 0.2) is 16.7 Å². The third kappa shape index (κ3) is 3.94. The van der Waals surface area contributed by atoms with Gasteiger partial charge in [-0.05, 0) is 6.42 Å². The molecular formula is C11H16N6OS2. The summed E-state index contributed by atoms with van der Waals surface area (Å²) >= 11 is 2.64. The van der Waals surface area contributed by atoms with Crippen LogP contribution in [-0.2, 0) is 11.2 Å². The minimum atomic E-state index is -0.136. The zero-order valence-corrected chi connectivity index (χ0v) is 12.7. The van der Waals surface area contributed by atoms with Crippen molar-refractivity contribution in [3.63, 3.8) is 0 Å². The van der Waals surface area contributed by atoms with Crippen molar-refractivity contribution in [2.24, 2.45) is 0 Å².